The number of carbonyl (C=O) groups excluding carboxylic acids is 1. The summed E-state index contributed by atoms with van der Waals surface area (Å²) in [5.74, 6) is -0.839. The van der Waals surface area contributed by atoms with Gasteiger partial charge in [-0.3, -0.25) is 14.9 Å². The van der Waals surface area contributed by atoms with Gasteiger partial charge < -0.3 is 5.32 Å². The smallest absolute Gasteiger partial charge is 0.262 e. The van der Waals surface area contributed by atoms with Crippen LogP contribution in [0.3, 0.4) is 0 Å². The second-order valence-corrected chi connectivity index (χ2v) is 5.42. The first-order chi connectivity index (χ1) is 12.7. The van der Waals surface area contributed by atoms with Crippen molar-refractivity contribution >= 4 is 12.0 Å². The second-order valence-electron chi connectivity index (χ2n) is 5.42. The van der Waals surface area contributed by atoms with E-state index < -0.39 is 5.91 Å². The molecule has 7 heteroatoms. The molecule has 0 atom stereocenters. The summed E-state index contributed by atoms with van der Waals surface area (Å²) in [6, 6.07) is 11.3. The maximum Gasteiger partial charge on any atom is 0.262 e. The monoisotopic (exact) mass is 347 g/mol. The van der Waals surface area contributed by atoms with Crippen LogP contribution in [0.5, 0.6) is 0 Å². The van der Waals surface area contributed by atoms with Crippen LogP contribution in [0.25, 0.3) is 17.3 Å². The number of nitrogens with one attached hydrogen (secondary N) is 2. The molecule has 0 saturated heterocycles. The average molecular weight is 347 g/mol. The maximum atomic E-state index is 13.1. The Kier molecular flexibility index (Phi) is 5.15. The Bertz CT molecular complexity index is 971. The summed E-state index contributed by atoms with van der Waals surface area (Å²) in [5, 5.41) is 18.8. The van der Waals surface area contributed by atoms with Gasteiger partial charge in [-0.2, -0.15) is 10.4 Å². The van der Waals surface area contributed by atoms with Crippen LogP contribution in [0.1, 0.15) is 11.1 Å². The molecule has 1 amide bonds. The van der Waals surface area contributed by atoms with Gasteiger partial charge in [0.2, 0.25) is 0 Å². The largest absolute Gasteiger partial charge is 0.347 e. The summed E-state index contributed by atoms with van der Waals surface area (Å²) in [4.78, 5) is 16.2. The average Bonchev–Trinajstić information content (AvgIpc) is 3.14. The number of halogens is 1. The minimum absolute atomic E-state index is 0.0520. The van der Waals surface area contributed by atoms with Gasteiger partial charge in [0, 0.05) is 30.1 Å². The Morgan fingerprint density at radius 1 is 1.23 bits per heavy atom. The third-order valence-corrected chi connectivity index (χ3v) is 3.67. The number of aromatic amines is 1. The number of aromatic nitrogens is 3. The number of H-pyrrole nitrogens is 1. The zero-order chi connectivity index (χ0) is 18.4. The van der Waals surface area contributed by atoms with Gasteiger partial charge in [0.1, 0.15) is 17.5 Å². The van der Waals surface area contributed by atoms with E-state index in [-0.39, 0.29) is 17.9 Å². The van der Waals surface area contributed by atoms with E-state index in [2.05, 4.69) is 20.5 Å². The normalized spacial score (nSPS) is 11.0. The first-order valence-electron chi connectivity index (χ1n) is 7.75. The Balaban J connectivity index is 1.79. The summed E-state index contributed by atoms with van der Waals surface area (Å²) in [6.45, 7) is 0.288. The third kappa shape index (κ3) is 3.99. The van der Waals surface area contributed by atoms with Gasteiger partial charge in [0.05, 0.1) is 11.9 Å². The summed E-state index contributed by atoms with van der Waals surface area (Å²) < 4.78 is 13.1. The standard InChI is InChI=1S/C19H14FN5O/c20-17-3-1-14(2-4-17)18-16(12-24-25-18)9-15(10-21)19(26)23-11-13-5-7-22-8-6-13/h1-9,12H,11H2,(H,23,26)(H,24,25). The molecule has 3 rings (SSSR count). The molecule has 6 nitrogen and oxygen atoms in total. The first-order valence-corrected chi connectivity index (χ1v) is 7.75. The molecular formula is C19H14FN5O. The van der Waals surface area contributed by atoms with Crippen molar-refractivity contribution in [1.82, 2.24) is 20.5 Å². The van der Waals surface area contributed by atoms with Crippen molar-refractivity contribution in [3.8, 4) is 17.3 Å². The van der Waals surface area contributed by atoms with Gasteiger partial charge >= 0.3 is 0 Å². The Labute approximate surface area is 149 Å². The highest BCUT2D eigenvalue weighted by Gasteiger charge is 2.12. The molecular weight excluding hydrogens is 333 g/mol. The number of nitrogens with zero attached hydrogens (tertiary/aromatic N) is 3. The molecule has 2 N–H and O–H groups in total. The van der Waals surface area contributed by atoms with Crippen molar-refractivity contribution < 1.29 is 9.18 Å². The van der Waals surface area contributed by atoms with Crippen molar-refractivity contribution in [3.05, 3.63) is 77.5 Å². The van der Waals surface area contributed by atoms with Crippen molar-refractivity contribution in [1.29, 1.82) is 5.26 Å². The van der Waals surface area contributed by atoms with E-state index in [9.17, 15) is 14.4 Å². The number of hydrogen-bond acceptors (Lipinski definition) is 4. The van der Waals surface area contributed by atoms with E-state index in [1.807, 2.05) is 6.07 Å². The number of hydrogen-bond donors (Lipinski definition) is 2. The van der Waals surface area contributed by atoms with Crippen LogP contribution >= 0.6 is 0 Å². The van der Waals surface area contributed by atoms with Gasteiger partial charge in [-0.05, 0) is 48.0 Å². The molecule has 0 aliphatic heterocycles. The fourth-order valence-corrected chi connectivity index (χ4v) is 2.33. The zero-order valence-electron chi connectivity index (χ0n) is 13.6. The van der Waals surface area contributed by atoms with Crippen molar-refractivity contribution in [2.24, 2.45) is 0 Å². The number of amides is 1. The minimum atomic E-state index is -0.490. The summed E-state index contributed by atoms with van der Waals surface area (Å²) in [5.41, 5.74) is 2.68. The third-order valence-electron chi connectivity index (χ3n) is 3.67. The van der Waals surface area contributed by atoms with Crippen LogP contribution in [0.2, 0.25) is 0 Å². The van der Waals surface area contributed by atoms with Gasteiger partial charge in [-0.1, -0.05) is 0 Å². The highest BCUT2D eigenvalue weighted by molar-refractivity contribution is 6.02. The molecule has 128 valence electrons. The fraction of sp³-hybridized carbons (Fsp3) is 0.0526. The van der Waals surface area contributed by atoms with Gasteiger partial charge in [-0.15, -0.1) is 0 Å². The number of benzene rings is 1. The summed E-state index contributed by atoms with van der Waals surface area (Å²) >= 11 is 0. The van der Waals surface area contributed by atoms with E-state index in [0.29, 0.717) is 16.8 Å². The lowest BCUT2D eigenvalue weighted by atomic mass is 10.1. The lowest BCUT2D eigenvalue weighted by Gasteiger charge is -2.04. The van der Waals surface area contributed by atoms with Gasteiger partial charge in [-0.25, -0.2) is 4.39 Å². The quantitative estimate of drug-likeness (QED) is 0.548. The number of rotatable bonds is 5. The van der Waals surface area contributed by atoms with Crippen LogP contribution in [0.15, 0.2) is 60.6 Å². The minimum Gasteiger partial charge on any atom is -0.347 e. The molecule has 26 heavy (non-hydrogen) atoms. The number of nitriles is 1. The zero-order valence-corrected chi connectivity index (χ0v) is 13.6. The highest BCUT2D eigenvalue weighted by atomic mass is 19.1. The van der Waals surface area contributed by atoms with Crippen LogP contribution in [-0.4, -0.2) is 21.1 Å². The molecule has 2 heterocycles. The van der Waals surface area contributed by atoms with E-state index >= 15 is 0 Å². The molecule has 1 aromatic carbocycles. The summed E-state index contributed by atoms with van der Waals surface area (Å²) in [6.07, 6.45) is 6.21. The van der Waals surface area contributed by atoms with E-state index in [1.165, 1.54) is 24.4 Å². The summed E-state index contributed by atoms with van der Waals surface area (Å²) in [7, 11) is 0. The molecule has 0 radical (unpaired) electrons. The molecule has 0 unspecified atom stereocenters. The lowest BCUT2D eigenvalue weighted by Crippen LogP contribution is -2.23. The topological polar surface area (TPSA) is 94.5 Å². The van der Waals surface area contributed by atoms with Crippen LogP contribution < -0.4 is 5.32 Å². The predicted molar refractivity (Wildman–Crippen MR) is 93.7 cm³/mol. The molecule has 0 aliphatic rings. The van der Waals surface area contributed by atoms with Crippen LogP contribution in [-0.2, 0) is 11.3 Å². The Morgan fingerprint density at radius 3 is 2.65 bits per heavy atom. The van der Waals surface area contributed by atoms with E-state index in [1.54, 1.807) is 36.7 Å². The molecule has 2 aromatic heterocycles. The van der Waals surface area contributed by atoms with Crippen molar-refractivity contribution in [3.63, 3.8) is 0 Å². The molecule has 3 aromatic rings. The molecule has 0 saturated carbocycles. The fourth-order valence-electron chi connectivity index (χ4n) is 2.33. The van der Waals surface area contributed by atoms with Crippen LogP contribution in [0.4, 0.5) is 4.39 Å². The maximum absolute atomic E-state index is 13.1. The van der Waals surface area contributed by atoms with Crippen molar-refractivity contribution in [2.75, 3.05) is 0 Å². The van der Waals surface area contributed by atoms with Crippen molar-refractivity contribution in [2.45, 2.75) is 6.54 Å². The lowest BCUT2D eigenvalue weighted by molar-refractivity contribution is -0.117. The SMILES string of the molecule is N#CC(=Cc1cn[nH]c1-c1ccc(F)cc1)C(=O)NCc1ccncc1. The van der Waals surface area contributed by atoms with Gasteiger partial charge in [0.15, 0.2) is 0 Å². The predicted octanol–water partition coefficient (Wildman–Crippen LogP) is 2.83. The molecule has 0 spiro atoms. The highest BCUT2D eigenvalue weighted by Crippen LogP contribution is 2.23. The number of carbonyl (C=O) groups is 1. The Morgan fingerprint density at radius 2 is 1.96 bits per heavy atom. The first kappa shape index (κ1) is 17.0. The van der Waals surface area contributed by atoms with E-state index in [0.717, 1.165) is 5.56 Å². The van der Waals surface area contributed by atoms with Crippen LogP contribution in [0, 0.1) is 17.1 Å². The molecule has 0 bridgehead atoms. The second kappa shape index (κ2) is 7.85. The van der Waals surface area contributed by atoms with E-state index in [4.69, 9.17) is 0 Å². The molecule has 0 aliphatic carbocycles. The molecule has 0 fully saturated rings. The van der Waals surface area contributed by atoms with Gasteiger partial charge in [0.25, 0.3) is 5.91 Å². The Hall–Kier alpha value is -3.79. The number of pyridine rings is 1.